The summed E-state index contributed by atoms with van der Waals surface area (Å²) in [6, 6.07) is 17.7. The lowest BCUT2D eigenvalue weighted by Gasteiger charge is -2.28. The van der Waals surface area contributed by atoms with Crippen LogP contribution in [0.4, 0.5) is 11.4 Å². The maximum Gasteiger partial charge on any atom is 0.338 e. The molecule has 0 spiro atoms. The van der Waals surface area contributed by atoms with E-state index >= 15 is 0 Å². The van der Waals surface area contributed by atoms with Crippen molar-refractivity contribution in [2.24, 2.45) is 5.73 Å². The maximum absolute atomic E-state index is 14.2. The number of nitro groups is 2. The summed E-state index contributed by atoms with van der Waals surface area (Å²) in [5.41, 5.74) is 5.79. The zero-order valence-corrected chi connectivity index (χ0v) is 24.4. The third-order valence-electron chi connectivity index (χ3n) is 6.78. The molecule has 0 amide bonds. The van der Waals surface area contributed by atoms with E-state index < -0.39 is 47.9 Å². The minimum Gasteiger partial charge on any atom is -0.463 e. The van der Waals surface area contributed by atoms with Gasteiger partial charge in [0, 0.05) is 24.3 Å². The van der Waals surface area contributed by atoms with E-state index in [-0.39, 0.29) is 43.2 Å². The first-order valence-corrected chi connectivity index (χ1v) is 15.2. The standard InChI is InChI=1S/C29H22N4O9S2/c1-2-42-29(35)24-23(18-10-14-20(15-11-18)33(38)39)25(44(40,41)21-6-4-3-5-7-21)26(30)31-27(34)22(43-28(24)31)16-17-8-12-19(13-9-17)32(36)37/h3-16,23H,2,30H2,1H3/b22-16-. The summed E-state index contributed by atoms with van der Waals surface area (Å²) in [6.45, 7) is 1.48. The van der Waals surface area contributed by atoms with E-state index in [0.29, 0.717) is 5.56 Å². The van der Waals surface area contributed by atoms with Gasteiger partial charge in [-0.05, 0) is 48.4 Å². The van der Waals surface area contributed by atoms with E-state index in [2.05, 4.69) is 0 Å². The first kappa shape index (κ1) is 30.1. The number of allylic oxidation sites excluding steroid dienone is 1. The summed E-state index contributed by atoms with van der Waals surface area (Å²) < 4.78 is 34.7. The Labute approximate surface area is 252 Å². The smallest absolute Gasteiger partial charge is 0.338 e. The van der Waals surface area contributed by atoms with Crippen molar-refractivity contribution in [3.63, 3.8) is 0 Å². The van der Waals surface area contributed by atoms with Gasteiger partial charge in [0.1, 0.15) is 15.4 Å². The Hall–Kier alpha value is -5.41. The highest BCUT2D eigenvalue weighted by Gasteiger charge is 2.42. The molecular weight excluding hydrogens is 612 g/mol. The average molecular weight is 635 g/mol. The minimum atomic E-state index is -4.48. The van der Waals surface area contributed by atoms with Gasteiger partial charge in [0.25, 0.3) is 16.9 Å². The van der Waals surface area contributed by atoms with Crippen molar-refractivity contribution in [3.8, 4) is 0 Å². The number of esters is 1. The van der Waals surface area contributed by atoms with E-state index in [9.17, 15) is 38.2 Å². The molecule has 3 aromatic carbocycles. The molecule has 2 heterocycles. The van der Waals surface area contributed by atoms with E-state index in [1.807, 2.05) is 0 Å². The van der Waals surface area contributed by atoms with Crippen molar-refractivity contribution in [2.45, 2.75) is 17.7 Å². The summed E-state index contributed by atoms with van der Waals surface area (Å²) in [4.78, 5) is 48.0. The molecule has 0 radical (unpaired) electrons. The number of sulfone groups is 1. The van der Waals surface area contributed by atoms with Gasteiger partial charge in [-0.2, -0.15) is 0 Å². The number of thiazole rings is 1. The maximum atomic E-state index is 14.2. The highest BCUT2D eigenvalue weighted by atomic mass is 32.2. The number of benzene rings is 3. The molecule has 0 bridgehead atoms. The fourth-order valence-corrected chi connectivity index (χ4v) is 7.64. The van der Waals surface area contributed by atoms with Crippen molar-refractivity contribution in [2.75, 3.05) is 6.61 Å². The molecule has 1 aliphatic heterocycles. The van der Waals surface area contributed by atoms with Gasteiger partial charge in [-0.25, -0.2) is 13.2 Å². The molecule has 15 heteroatoms. The van der Waals surface area contributed by atoms with Crippen LogP contribution in [0.2, 0.25) is 0 Å². The number of nitrogens with zero attached hydrogens (tertiary/aromatic N) is 3. The first-order chi connectivity index (χ1) is 20.9. The molecule has 0 saturated carbocycles. The molecule has 5 rings (SSSR count). The number of hydrogen-bond acceptors (Lipinski definition) is 11. The van der Waals surface area contributed by atoms with Gasteiger partial charge in [-0.1, -0.05) is 30.3 Å². The number of carbonyl (C=O) groups excluding carboxylic acids is 1. The Kier molecular flexibility index (Phi) is 7.99. The highest BCUT2D eigenvalue weighted by molar-refractivity contribution is 7.95. The monoisotopic (exact) mass is 634 g/mol. The highest BCUT2D eigenvalue weighted by Crippen LogP contribution is 2.42. The molecule has 44 heavy (non-hydrogen) atoms. The number of rotatable bonds is 8. The Morgan fingerprint density at radius 1 is 0.977 bits per heavy atom. The van der Waals surface area contributed by atoms with Crippen molar-refractivity contribution in [3.05, 3.63) is 135 Å². The zero-order valence-electron chi connectivity index (χ0n) is 22.8. The van der Waals surface area contributed by atoms with Gasteiger partial charge in [-0.3, -0.25) is 29.6 Å². The van der Waals surface area contributed by atoms with E-state index in [1.54, 1.807) is 13.0 Å². The molecule has 0 saturated heterocycles. The molecule has 0 fully saturated rings. The van der Waals surface area contributed by atoms with Crippen molar-refractivity contribution >= 4 is 56.0 Å². The number of ether oxygens (including phenoxy) is 1. The number of carbonyl (C=O) groups is 1. The van der Waals surface area contributed by atoms with Gasteiger partial charge in [-0.15, -0.1) is 11.3 Å². The summed E-state index contributed by atoms with van der Waals surface area (Å²) in [6.07, 6.45) is 1.43. The fourth-order valence-electron chi connectivity index (χ4n) is 4.78. The predicted molar refractivity (Wildman–Crippen MR) is 161 cm³/mol. The summed E-state index contributed by atoms with van der Waals surface area (Å²) in [7, 11) is -4.48. The third-order valence-corrected chi connectivity index (χ3v) is 9.80. The summed E-state index contributed by atoms with van der Waals surface area (Å²) in [5.74, 6) is -2.77. The van der Waals surface area contributed by atoms with Crippen LogP contribution in [0.5, 0.6) is 0 Å². The van der Waals surface area contributed by atoms with Crippen LogP contribution in [0.25, 0.3) is 17.5 Å². The summed E-state index contributed by atoms with van der Waals surface area (Å²) >= 11 is 0.854. The zero-order chi connectivity index (χ0) is 31.8. The largest absolute Gasteiger partial charge is 0.463 e. The molecule has 1 aromatic heterocycles. The van der Waals surface area contributed by atoms with Crippen LogP contribution in [0, 0.1) is 20.2 Å². The average Bonchev–Trinajstić information content (AvgIpc) is 3.33. The second-order valence-corrected chi connectivity index (χ2v) is 12.3. The Balaban J connectivity index is 1.88. The van der Waals surface area contributed by atoms with Gasteiger partial charge >= 0.3 is 5.97 Å². The lowest BCUT2D eigenvalue weighted by molar-refractivity contribution is -0.385. The lowest BCUT2D eigenvalue weighted by atomic mass is 9.89. The van der Waals surface area contributed by atoms with Crippen LogP contribution in [0.3, 0.4) is 0 Å². The molecule has 4 aromatic rings. The molecule has 2 N–H and O–H groups in total. The minimum absolute atomic E-state index is 0.00877. The van der Waals surface area contributed by atoms with Crippen molar-refractivity contribution < 1.29 is 27.8 Å². The molecule has 1 atom stereocenters. The quantitative estimate of drug-likeness (QED) is 0.171. The first-order valence-electron chi connectivity index (χ1n) is 12.9. The molecule has 1 aliphatic rings. The third kappa shape index (κ3) is 5.29. The second kappa shape index (κ2) is 11.7. The number of fused-ring (bicyclic) bond motifs is 1. The Morgan fingerprint density at radius 2 is 1.55 bits per heavy atom. The van der Waals surface area contributed by atoms with Crippen LogP contribution in [0.1, 0.15) is 24.0 Å². The Bertz CT molecular complexity index is 2130. The van der Waals surface area contributed by atoms with Crippen LogP contribution < -0.4 is 20.5 Å². The number of aromatic nitrogens is 1. The van der Waals surface area contributed by atoms with Crippen molar-refractivity contribution in [1.29, 1.82) is 0 Å². The molecule has 224 valence electrons. The summed E-state index contributed by atoms with van der Waals surface area (Å²) in [5, 5.41) is 22.4. The topological polar surface area (TPSA) is 195 Å². The fraction of sp³-hybridized carbons (Fsp3) is 0.103. The van der Waals surface area contributed by atoms with Crippen LogP contribution in [-0.2, 0) is 19.4 Å². The lowest BCUT2D eigenvalue weighted by Crippen LogP contribution is -2.41. The van der Waals surface area contributed by atoms with Gasteiger partial charge in [0.2, 0.25) is 9.84 Å². The Morgan fingerprint density at radius 3 is 2.09 bits per heavy atom. The second-order valence-electron chi connectivity index (χ2n) is 9.39. The van der Waals surface area contributed by atoms with Crippen LogP contribution in [-0.4, -0.2) is 35.4 Å². The van der Waals surface area contributed by atoms with Crippen LogP contribution >= 0.6 is 11.3 Å². The number of hydrogen-bond donors (Lipinski definition) is 1. The van der Waals surface area contributed by atoms with Gasteiger partial charge in [0.15, 0.2) is 0 Å². The van der Waals surface area contributed by atoms with Gasteiger partial charge in [0.05, 0.1) is 37.4 Å². The molecule has 1 unspecified atom stereocenters. The van der Waals surface area contributed by atoms with Crippen molar-refractivity contribution in [1.82, 2.24) is 4.57 Å². The number of non-ortho nitro benzene ring substituents is 2. The molecule has 0 aliphatic carbocycles. The SMILES string of the molecule is CCOC(=O)C1=c2s/c(=C\c3ccc([N+](=O)[O-])cc3)c(=O)n2C(N)=C(S(=O)(=O)c2ccccc2)C1c1ccc([N+](=O)[O-])cc1. The normalized spacial score (nSPS) is 15.2. The molecule has 13 nitrogen and oxygen atoms in total. The number of nitrogens with two attached hydrogens (primary N) is 1. The van der Waals surface area contributed by atoms with E-state index in [4.69, 9.17) is 10.5 Å². The van der Waals surface area contributed by atoms with Gasteiger partial charge < -0.3 is 10.5 Å². The van der Waals surface area contributed by atoms with E-state index in [0.717, 1.165) is 15.9 Å². The molecular formula is C29H22N4O9S2. The number of nitro benzene ring substituents is 2. The van der Waals surface area contributed by atoms with E-state index in [1.165, 1.54) is 78.9 Å². The predicted octanol–water partition coefficient (Wildman–Crippen LogP) is 2.62. The van der Waals surface area contributed by atoms with Crippen LogP contribution in [0.15, 0.2) is 93.5 Å².